The van der Waals surface area contributed by atoms with E-state index in [1.165, 1.54) is 10.8 Å². The van der Waals surface area contributed by atoms with Crippen molar-refractivity contribution in [1.29, 1.82) is 10.5 Å². The number of benzene rings is 7. The van der Waals surface area contributed by atoms with Crippen LogP contribution < -0.4 is 0 Å². The molecule has 0 atom stereocenters. The molecule has 0 aliphatic carbocycles. The van der Waals surface area contributed by atoms with Crippen molar-refractivity contribution in [1.82, 2.24) is 9.13 Å². The van der Waals surface area contributed by atoms with Gasteiger partial charge in [0, 0.05) is 38.2 Å². The van der Waals surface area contributed by atoms with Gasteiger partial charge in [-0.15, -0.1) is 0 Å². The summed E-state index contributed by atoms with van der Waals surface area (Å²) in [4.78, 5) is 0. The molecule has 0 spiro atoms. The van der Waals surface area contributed by atoms with E-state index in [1.54, 1.807) is 12.1 Å². The van der Waals surface area contributed by atoms with Gasteiger partial charge in [-0.1, -0.05) is 84.9 Å². The van der Waals surface area contributed by atoms with Crippen LogP contribution in [-0.2, 0) is 0 Å². The van der Waals surface area contributed by atoms with Crippen molar-refractivity contribution < 1.29 is 4.42 Å². The average Bonchev–Trinajstić information content (AvgIpc) is 3.82. The molecule has 5 heteroatoms. The molecule has 3 heterocycles. The summed E-state index contributed by atoms with van der Waals surface area (Å²) >= 11 is 0. The third-order valence-electron chi connectivity index (χ3n) is 9.82. The minimum absolute atomic E-state index is 0.479. The molecule has 0 N–H and O–H groups in total. The van der Waals surface area contributed by atoms with Gasteiger partial charge < -0.3 is 13.6 Å². The molecular formula is C44H24N4O. The van der Waals surface area contributed by atoms with Crippen LogP contribution >= 0.6 is 0 Å². The van der Waals surface area contributed by atoms with Crippen molar-refractivity contribution in [3.8, 4) is 34.6 Å². The van der Waals surface area contributed by atoms with Gasteiger partial charge in [0.15, 0.2) is 0 Å². The van der Waals surface area contributed by atoms with Crippen molar-refractivity contribution in [2.24, 2.45) is 0 Å². The molecule has 10 rings (SSSR count). The van der Waals surface area contributed by atoms with E-state index in [9.17, 15) is 10.5 Å². The molecule has 226 valence electrons. The lowest BCUT2D eigenvalue weighted by molar-refractivity contribution is 0.673. The number of nitriles is 2. The number of furan rings is 1. The van der Waals surface area contributed by atoms with E-state index in [0.29, 0.717) is 22.4 Å². The van der Waals surface area contributed by atoms with Gasteiger partial charge in [-0.25, -0.2) is 0 Å². The normalized spacial score (nSPS) is 11.6. The fourth-order valence-corrected chi connectivity index (χ4v) is 7.75. The van der Waals surface area contributed by atoms with Gasteiger partial charge in [-0.05, 0) is 66.2 Å². The highest BCUT2D eigenvalue weighted by Crippen LogP contribution is 2.44. The van der Waals surface area contributed by atoms with Gasteiger partial charge in [-0.2, -0.15) is 10.5 Å². The SMILES string of the molecule is N#Cc1ccc(C#N)c(-n2c3ccccc3c3c4oc5ccccc5c4ccc32)c1-c1ccc(-n2c3ccccc3c3ccccc32)cc1. The first-order valence-corrected chi connectivity index (χ1v) is 16.1. The number of rotatable bonds is 3. The maximum atomic E-state index is 10.6. The number of hydrogen-bond donors (Lipinski definition) is 0. The Morgan fingerprint density at radius 3 is 1.69 bits per heavy atom. The molecule has 0 aliphatic rings. The third-order valence-corrected chi connectivity index (χ3v) is 9.82. The van der Waals surface area contributed by atoms with Crippen LogP contribution in [0.1, 0.15) is 11.1 Å². The van der Waals surface area contributed by atoms with Gasteiger partial charge >= 0.3 is 0 Å². The number of hydrogen-bond acceptors (Lipinski definition) is 3. The van der Waals surface area contributed by atoms with Crippen LogP contribution in [0.15, 0.2) is 150 Å². The molecule has 49 heavy (non-hydrogen) atoms. The Balaban J connectivity index is 1.26. The van der Waals surface area contributed by atoms with Crippen molar-refractivity contribution in [3.05, 3.63) is 157 Å². The van der Waals surface area contributed by atoms with Crippen LogP contribution in [0.5, 0.6) is 0 Å². The van der Waals surface area contributed by atoms with Crippen molar-refractivity contribution >= 4 is 65.6 Å². The number of para-hydroxylation sites is 4. The predicted octanol–water partition coefficient (Wildman–Crippen LogP) is 11.2. The van der Waals surface area contributed by atoms with Crippen LogP contribution in [0.3, 0.4) is 0 Å². The molecule has 0 bridgehead atoms. The zero-order valence-corrected chi connectivity index (χ0v) is 26.1. The van der Waals surface area contributed by atoms with Crippen molar-refractivity contribution in [2.75, 3.05) is 0 Å². The van der Waals surface area contributed by atoms with Crippen LogP contribution in [0.2, 0.25) is 0 Å². The van der Waals surface area contributed by atoms with E-state index in [0.717, 1.165) is 66.0 Å². The summed E-state index contributed by atoms with van der Waals surface area (Å²) in [6.45, 7) is 0. The lowest BCUT2D eigenvalue weighted by atomic mass is 9.94. The maximum absolute atomic E-state index is 10.6. The van der Waals surface area contributed by atoms with Gasteiger partial charge in [0.05, 0.1) is 50.3 Å². The molecule has 0 aliphatic heterocycles. The summed E-state index contributed by atoms with van der Waals surface area (Å²) < 4.78 is 10.9. The monoisotopic (exact) mass is 624 g/mol. The summed E-state index contributed by atoms with van der Waals surface area (Å²) in [5.74, 6) is 0. The largest absolute Gasteiger partial charge is 0.455 e. The predicted molar refractivity (Wildman–Crippen MR) is 197 cm³/mol. The number of fused-ring (bicyclic) bond motifs is 10. The molecule has 0 saturated carbocycles. The van der Waals surface area contributed by atoms with Gasteiger partial charge in [0.2, 0.25) is 0 Å². The molecule has 0 radical (unpaired) electrons. The van der Waals surface area contributed by atoms with E-state index in [-0.39, 0.29) is 0 Å². The maximum Gasteiger partial charge on any atom is 0.145 e. The van der Waals surface area contributed by atoms with Gasteiger partial charge in [0.1, 0.15) is 17.2 Å². The zero-order valence-electron chi connectivity index (χ0n) is 26.1. The fourth-order valence-electron chi connectivity index (χ4n) is 7.75. The van der Waals surface area contributed by atoms with E-state index in [1.807, 2.05) is 30.3 Å². The van der Waals surface area contributed by atoms with Crippen LogP contribution in [-0.4, -0.2) is 9.13 Å². The molecule has 10 aromatic rings. The summed E-state index contributed by atoms with van der Waals surface area (Å²) in [5, 5.41) is 27.5. The molecule has 0 unspecified atom stereocenters. The Bertz CT molecular complexity index is 3020. The minimum atomic E-state index is 0.479. The van der Waals surface area contributed by atoms with Crippen LogP contribution in [0, 0.1) is 22.7 Å². The quantitative estimate of drug-likeness (QED) is 0.196. The highest BCUT2D eigenvalue weighted by atomic mass is 16.3. The molecule has 7 aromatic carbocycles. The Kier molecular flexibility index (Phi) is 5.64. The summed E-state index contributed by atoms with van der Waals surface area (Å²) in [5.41, 5.74) is 9.95. The number of nitrogens with zero attached hydrogens (tertiary/aromatic N) is 4. The Morgan fingerprint density at radius 2 is 1.02 bits per heavy atom. The van der Waals surface area contributed by atoms with Crippen LogP contribution in [0.4, 0.5) is 0 Å². The molecule has 0 fully saturated rings. The Hall–Kier alpha value is -7.08. The van der Waals surface area contributed by atoms with E-state index in [2.05, 4.69) is 124 Å². The first-order chi connectivity index (χ1) is 24.2. The number of aromatic nitrogens is 2. The third kappa shape index (κ3) is 3.73. The molecule has 0 saturated heterocycles. The van der Waals surface area contributed by atoms with E-state index < -0.39 is 0 Å². The highest BCUT2D eigenvalue weighted by molar-refractivity contribution is 6.24. The lowest BCUT2D eigenvalue weighted by Gasteiger charge is -2.18. The van der Waals surface area contributed by atoms with Crippen molar-refractivity contribution in [3.63, 3.8) is 0 Å². The highest BCUT2D eigenvalue weighted by Gasteiger charge is 2.24. The van der Waals surface area contributed by atoms with E-state index >= 15 is 0 Å². The topological polar surface area (TPSA) is 70.6 Å². The Morgan fingerprint density at radius 1 is 0.449 bits per heavy atom. The summed E-state index contributed by atoms with van der Waals surface area (Å²) in [6.07, 6.45) is 0. The molecular weight excluding hydrogens is 601 g/mol. The fraction of sp³-hybridized carbons (Fsp3) is 0. The van der Waals surface area contributed by atoms with Gasteiger partial charge in [-0.3, -0.25) is 0 Å². The molecule has 5 nitrogen and oxygen atoms in total. The smallest absolute Gasteiger partial charge is 0.145 e. The summed E-state index contributed by atoms with van der Waals surface area (Å²) in [6, 6.07) is 54.1. The molecule has 0 amide bonds. The average molecular weight is 625 g/mol. The summed E-state index contributed by atoms with van der Waals surface area (Å²) in [7, 11) is 0. The first-order valence-electron chi connectivity index (χ1n) is 16.1. The molecule has 3 aromatic heterocycles. The van der Waals surface area contributed by atoms with Crippen LogP contribution in [0.25, 0.3) is 88.1 Å². The standard InChI is InChI=1S/C44H24N4O/c45-25-28-17-18-29(26-46)43(41(28)27-19-21-30(22-20-27)47-36-13-5-1-9-31(36)32-10-2-6-14-37(32)47)48-38-15-7-3-12-35(38)42-39(48)24-23-34-33-11-4-8-16-40(33)49-44(34)42/h1-24H. The Labute approximate surface area is 280 Å². The first kappa shape index (κ1) is 27.1. The second kappa shape index (κ2) is 10.2. The van der Waals surface area contributed by atoms with Gasteiger partial charge in [0.25, 0.3) is 0 Å². The second-order valence-electron chi connectivity index (χ2n) is 12.3. The van der Waals surface area contributed by atoms with Crippen molar-refractivity contribution in [2.45, 2.75) is 0 Å². The lowest BCUT2D eigenvalue weighted by Crippen LogP contribution is -2.03. The minimum Gasteiger partial charge on any atom is -0.455 e. The van der Waals surface area contributed by atoms with E-state index in [4.69, 9.17) is 4.42 Å². The second-order valence-corrected chi connectivity index (χ2v) is 12.3. The zero-order chi connectivity index (χ0) is 32.6.